The van der Waals surface area contributed by atoms with E-state index < -0.39 is 0 Å². The van der Waals surface area contributed by atoms with Crippen LogP contribution in [0.25, 0.3) is 11.3 Å². The van der Waals surface area contributed by atoms with Crippen molar-refractivity contribution < 1.29 is 9.18 Å². The average Bonchev–Trinajstić information content (AvgIpc) is 3.21. The van der Waals surface area contributed by atoms with Gasteiger partial charge in [-0.05, 0) is 68.1 Å². The van der Waals surface area contributed by atoms with Gasteiger partial charge in [-0.3, -0.25) is 9.89 Å². The predicted octanol–water partition coefficient (Wildman–Crippen LogP) is 4.23. The van der Waals surface area contributed by atoms with Crippen LogP contribution in [-0.4, -0.2) is 35.2 Å². The molecule has 0 radical (unpaired) electrons. The molecule has 0 spiro atoms. The highest BCUT2D eigenvalue weighted by Crippen LogP contribution is 2.24. The van der Waals surface area contributed by atoms with Gasteiger partial charge in [-0.2, -0.15) is 5.10 Å². The molecule has 1 fully saturated rings. The van der Waals surface area contributed by atoms with E-state index in [9.17, 15) is 9.18 Å². The minimum absolute atomic E-state index is 0.0212. The zero-order valence-electron chi connectivity index (χ0n) is 16.7. The van der Waals surface area contributed by atoms with E-state index in [1.807, 2.05) is 38.1 Å². The van der Waals surface area contributed by atoms with Crippen molar-refractivity contribution in [1.82, 2.24) is 15.5 Å². The third-order valence-corrected chi connectivity index (χ3v) is 5.44. The molecule has 5 nitrogen and oxygen atoms in total. The number of H-pyrrole nitrogens is 1. The number of aromatic amines is 1. The van der Waals surface area contributed by atoms with Crippen LogP contribution in [0, 0.1) is 19.7 Å². The van der Waals surface area contributed by atoms with Crippen LogP contribution in [0.2, 0.25) is 0 Å². The summed E-state index contributed by atoms with van der Waals surface area (Å²) in [5, 5.41) is 10.7. The fraction of sp³-hybridized carbons (Fsp3) is 0.304. The maximum atomic E-state index is 13.1. The number of halogens is 1. The molecule has 1 aromatic heterocycles. The quantitative estimate of drug-likeness (QED) is 0.698. The maximum absolute atomic E-state index is 13.1. The Bertz CT molecular complexity index is 1010. The number of aromatic nitrogens is 2. The lowest BCUT2D eigenvalue weighted by Crippen LogP contribution is -2.48. The van der Waals surface area contributed by atoms with Crippen LogP contribution in [0.5, 0.6) is 0 Å². The molecule has 1 aliphatic heterocycles. The molecule has 0 bridgehead atoms. The van der Waals surface area contributed by atoms with Crippen LogP contribution in [0.15, 0.2) is 48.5 Å². The first-order valence-corrected chi connectivity index (χ1v) is 9.94. The van der Waals surface area contributed by atoms with E-state index in [1.54, 1.807) is 12.1 Å². The molecule has 2 aromatic carbocycles. The van der Waals surface area contributed by atoms with E-state index in [2.05, 4.69) is 20.4 Å². The zero-order valence-corrected chi connectivity index (χ0v) is 16.7. The molecule has 1 saturated heterocycles. The standard InChI is InChI=1S/C23H25FN4O/c1-15-5-6-16(2)20(12-15)23(29)25-19-4-3-11-28(14-19)22-13-21(26-27-22)17-7-9-18(24)10-8-17/h5-10,12-13,19H,3-4,11,14H2,1-2H3,(H,25,29)(H,26,27)/t19-/m1/s1. The van der Waals surface area contributed by atoms with Crippen molar-refractivity contribution in [2.24, 2.45) is 0 Å². The smallest absolute Gasteiger partial charge is 0.251 e. The second-order valence-electron chi connectivity index (χ2n) is 7.72. The number of anilines is 1. The zero-order chi connectivity index (χ0) is 20.4. The van der Waals surface area contributed by atoms with Crippen molar-refractivity contribution >= 4 is 11.7 Å². The number of benzene rings is 2. The number of amides is 1. The number of piperidine rings is 1. The van der Waals surface area contributed by atoms with E-state index in [4.69, 9.17) is 0 Å². The minimum atomic E-state index is -0.257. The summed E-state index contributed by atoms with van der Waals surface area (Å²) < 4.78 is 13.1. The SMILES string of the molecule is Cc1ccc(C)c(C(=O)N[C@@H]2CCCN(c3cc(-c4ccc(F)cc4)[nH]n3)C2)c1. The highest BCUT2D eigenvalue weighted by molar-refractivity contribution is 5.96. The molecule has 0 aliphatic carbocycles. The van der Waals surface area contributed by atoms with Crippen molar-refractivity contribution in [3.8, 4) is 11.3 Å². The summed E-state index contributed by atoms with van der Waals surface area (Å²) >= 11 is 0. The Hall–Kier alpha value is -3.15. The normalized spacial score (nSPS) is 16.7. The van der Waals surface area contributed by atoms with Gasteiger partial charge in [0.05, 0.1) is 5.69 Å². The lowest BCUT2D eigenvalue weighted by Gasteiger charge is -2.33. The minimum Gasteiger partial charge on any atom is -0.353 e. The lowest BCUT2D eigenvalue weighted by molar-refractivity contribution is 0.0932. The first-order chi connectivity index (χ1) is 14.0. The summed E-state index contributed by atoms with van der Waals surface area (Å²) in [5.41, 5.74) is 4.54. The Balaban J connectivity index is 1.44. The molecule has 0 saturated carbocycles. The van der Waals surface area contributed by atoms with Gasteiger partial charge in [0.1, 0.15) is 5.82 Å². The predicted molar refractivity (Wildman–Crippen MR) is 113 cm³/mol. The van der Waals surface area contributed by atoms with Gasteiger partial charge < -0.3 is 10.2 Å². The van der Waals surface area contributed by atoms with Gasteiger partial charge in [0.15, 0.2) is 5.82 Å². The van der Waals surface area contributed by atoms with Crippen LogP contribution in [0.1, 0.15) is 34.3 Å². The van der Waals surface area contributed by atoms with Crippen LogP contribution < -0.4 is 10.2 Å². The molecule has 29 heavy (non-hydrogen) atoms. The molecular weight excluding hydrogens is 367 g/mol. The third-order valence-electron chi connectivity index (χ3n) is 5.44. The van der Waals surface area contributed by atoms with Crippen molar-refractivity contribution in [1.29, 1.82) is 0 Å². The second-order valence-corrected chi connectivity index (χ2v) is 7.72. The number of carbonyl (C=O) groups is 1. The summed E-state index contributed by atoms with van der Waals surface area (Å²) in [6.45, 7) is 5.56. The van der Waals surface area contributed by atoms with Gasteiger partial charge in [0.2, 0.25) is 0 Å². The highest BCUT2D eigenvalue weighted by Gasteiger charge is 2.24. The molecule has 3 aromatic rings. The number of hydrogen-bond donors (Lipinski definition) is 2. The van der Waals surface area contributed by atoms with Crippen molar-refractivity contribution in [3.63, 3.8) is 0 Å². The van der Waals surface area contributed by atoms with Gasteiger partial charge in [0, 0.05) is 30.8 Å². The van der Waals surface area contributed by atoms with E-state index in [0.29, 0.717) is 6.54 Å². The summed E-state index contributed by atoms with van der Waals surface area (Å²) in [5.74, 6) is 0.564. The van der Waals surface area contributed by atoms with E-state index in [0.717, 1.165) is 53.2 Å². The van der Waals surface area contributed by atoms with Crippen molar-refractivity contribution in [3.05, 3.63) is 71.0 Å². The molecule has 1 amide bonds. The molecule has 2 heterocycles. The molecule has 2 N–H and O–H groups in total. The molecule has 0 unspecified atom stereocenters. The summed E-state index contributed by atoms with van der Waals surface area (Å²) in [4.78, 5) is 14.9. The van der Waals surface area contributed by atoms with Crippen LogP contribution >= 0.6 is 0 Å². The molecule has 6 heteroatoms. The number of aryl methyl sites for hydroxylation is 2. The molecule has 1 aliphatic rings. The van der Waals surface area contributed by atoms with E-state index in [1.165, 1.54) is 12.1 Å². The third kappa shape index (κ3) is 4.31. The first-order valence-electron chi connectivity index (χ1n) is 9.94. The number of rotatable bonds is 4. The largest absolute Gasteiger partial charge is 0.353 e. The maximum Gasteiger partial charge on any atom is 0.251 e. The number of hydrogen-bond acceptors (Lipinski definition) is 3. The van der Waals surface area contributed by atoms with Crippen LogP contribution in [-0.2, 0) is 0 Å². The van der Waals surface area contributed by atoms with E-state index >= 15 is 0 Å². The van der Waals surface area contributed by atoms with Gasteiger partial charge >= 0.3 is 0 Å². The molecule has 150 valence electrons. The van der Waals surface area contributed by atoms with Gasteiger partial charge in [-0.15, -0.1) is 0 Å². The number of carbonyl (C=O) groups excluding carboxylic acids is 1. The van der Waals surface area contributed by atoms with Crippen LogP contribution in [0.3, 0.4) is 0 Å². The lowest BCUT2D eigenvalue weighted by atomic mass is 10.0. The van der Waals surface area contributed by atoms with Gasteiger partial charge in [0.25, 0.3) is 5.91 Å². The summed E-state index contributed by atoms with van der Waals surface area (Å²) in [7, 11) is 0. The average molecular weight is 392 g/mol. The Morgan fingerprint density at radius 3 is 2.76 bits per heavy atom. The summed E-state index contributed by atoms with van der Waals surface area (Å²) in [6.07, 6.45) is 1.93. The number of nitrogens with zero attached hydrogens (tertiary/aromatic N) is 2. The van der Waals surface area contributed by atoms with Gasteiger partial charge in [-0.1, -0.05) is 17.7 Å². The van der Waals surface area contributed by atoms with Gasteiger partial charge in [-0.25, -0.2) is 4.39 Å². The molecule has 4 rings (SSSR count). The second kappa shape index (κ2) is 8.07. The van der Waals surface area contributed by atoms with Crippen molar-refractivity contribution in [2.75, 3.05) is 18.0 Å². The molecular formula is C23H25FN4O. The Morgan fingerprint density at radius 1 is 1.17 bits per heavy atom. The Morgan fingerprint density at radius 2 is 1.97 bits per heavy atom. The van der Waals surface area contributed by atoms with Crippen LogP contribution in [0.4, 0.5) is 10.2 Å². The summed E-state index contributed by atoms with van der Waals surface area (Å²) in [6, 6.07) is 14.3. The Labute approximate surface area is 169 Å². The highest BCUT2D eigenvalue weighted by atomic mass is 19.1. The fourth-order valence-electron chi connectivity index (χ4n) is 3.80. The monoisotopic (exact) mass is 392 g/mol. The Kier molecular flexibility index (Phi) is 5.34. The van der Waals surface area contributed by atoms with Crippen molar-refractivity contribution in [2.45, 2.75) is 32.7 Å². The fourth-order valence-corrected chi connectivity index (χ4v) is 3.80. The molecule has 1 atom stereocenters. The first kappa shape index (κ1) is 19.2. The van der Waals surface area contributed by atoms with E-state index in [-0.39, 0.29) is 17.8 Å². The topological polar surface area (TPSA) is 61.0 Å². The number of nitrogens with one attached hydrogen (secondary N) is 2.